The average Bonchev–Trinajstić information content (AvgIpc) is 2.53. The van der Waals surface area contributed by atoms with Gasteiger partial charge in [-0.05, 0) is 6.07 Å². The number of hydrogen-bond acceptors (Lipinski definition) is 6. The standard InChI is InChI=1S/C15H13ClN2O5/c1-21-15(22-2)13(14(19)20)9-5-3-4-6-10(9)23-12-7-11(16)17-8-18-12/h3-8H,1-2H3,(H,19,20). The molecule has 0 bridgehead atoms. The third-order valence-electron chi connectivity index (χ3n) is 2.77. The second-order valence-electron chi connectivity index (χ2n) is 4.15. The molecule has 0 aliphatic heterocycles. The van der Waals surface area contributed by atoms with Crippen LogP contribution in [0.4, 0.5) is 0 Å². The van der Waals surface area contributed by atoms with E-state index in [1.807, 2.05) is 0 Å². The van der Waals surface area contributed by atoms with E-state index in [1.54, 1.807) is 24.3 Å². The highest BCUT2D eigenvalue weighted by molar-refractivity contribution is 6.29. The third kappa shape index (κ3) is 3.89. The Kier molecular flexibility index (Phi) is 5.37. The largest absolute Gasteiger partial charge is 0.477 e. The SMILES string of the molecule is COC(OC)=C(C(=O)O)c1ccccc1Oc1cc(Cl)ncn1. The van der Waals surface area contributed by atoms with E-state index in [0.717, 1.165) is 0 Å². The van der Waals surface area contributed by atoms with Gasteiger partial charge in [-0.15, -0.1) is 0 Å². The molecule has 0 aliphatic carbocycles. The van der Waals surface area contributed by atoms with Gasteiger partial charge < -0.3 is 19.3 Å². The number of aliphatic carboxylic acids is 1. The number of carboxylic acid groups (broad SMARTS) is 1. The molecule has 1 N–H and O–H groups in total. The van der Waals surface area contributed by atoms with Crippen LogP contribution in [0.1, 0.15) is 5.56 Å². The molecule has 0 saturated carbocycles. The molecule has 0 spiro atoms. The highest BCUT2D eigenvalue weighted by Crippen LogP contribution is 2.32. The van der Waals surface area contributed by atoms with Gasteiger partial charge in [-0.2, -0.15) is 0 Å². The van der Waals surface area contributed by atoms with Crippen molar-refractivity contribution in [3.63, 3.8) is 0 Å². The van der Waals surface area contributed by atoms with Gasteiger partial charge in [0.2, 0.25) is 5.88 Å². The molecule has 23 heavy (non-hydrogen) atoms. The summed E-state index contributed by atoms with van der Waals surface area (Å²) in [5, 5.41) is 9.68. The van der Waals surface area contributed by atoms with E-state index >= 15 is 0 Å². The highest BCUT2D eigenvalue weighted by atomic mass is 35.5. The molecule has 0 saturated heterocycles. The number of para-hydroxylation sites is 1. The monoisotopic (exact) mass is 336 g/mol. The van der Waals surface area contributed by atoms with Crippen LogP contribution in [-0.2, 0) is 14.3 Å². The minimum absolute atomic E-state index is 0.144. The van der Waals surface area contributed by atoms with Crippen LogP contribution in [0.3, 0.4) is 0 Å². The second-order valence-corrected chi connectivity index (χ2v) is 4.54. The summed E-state index contributed by atoms with van der Waals surface area (Å²) in [6.45, 7) is 0. The van der Waals surface area contributed by atoms with E-state index in [-0.39, 0.29) is 33.9 Å². The van der Waals surface area contributed by atoms with Gasteiger partial charge in [0.1, 0.15) is 17.2 Å². The Balaban J connectivity index is 2.52. The quantitative estimate of drug-likeness (QED) is 0.492. The first kappa shape index (κ1) is 16.6. The number of nitrogens with zero attached hydrogens (tertiary/aromatic N) is 2. The van der Waals surface area contributed by atoms with Crippen LogP contribution >= 0.6 is 11.6 Å². The van der Waals surface area contributed by atoms with E-state index in [1.165, 1.54) is 26.6 Å². The zero-order valence-electron chi connectivity index (χ0n) is 12.3. The van der Waals surface area contributed by atoms with Crippen LogP contribution < -0.4 is 4.74 Å². The van der Waals surface area contributed by atoms with Crippen LogP contribution in [-0.4, -0.2) is 35.3 Å². The average molecular weight is 337 g/mol. The Hall–Kier alpha value is -2.80. The molecule has 0 amide bonds. The number of halogens is 1. The van der Waals surface area contributed by atoms with Gasteiger partial charge in [-0.25, -0.2) is 14.8 Å². The lowest BCUT2D eigenvalue weighted by Crippen LogP contribution is -2.08. The van der Waals surface area contributed by atoms with Gasteiger partial charge in [-0.1, -0.05) is 29.8 Å². The predicted molar refractivity (Wildman–Crippen MR) is 82.1 cm³/mol. The van der Waals surface area contributed by atoms with Crippen LogP contribution in [0.5, 0.6) is 11.6 Å². The minimum atomic E-state index is -1.22. The Morgan fingerprint density at radius 1 is 1.17 bits per heavy atom. The second kappa shape index (κ2) is 7.46. The number of benzene rings is 1. The molecule has 2 aromatic rings. The van der Waals surface area contributed by atoms with Crippen molar-refractivity contribution in [2.45, 2.75) is 0 Å². The lowest BCUT2D eigenvalue weighted by atomic mass is 10.1. The van der Waals surface area contributed by atoms with Gasteiger partial charge in [0, 0.05) is 11.6 Å². The van der Waals surface area contributed by atoms with Crippen LogP contribution in [0, 0.1) is 0 Å². The zero-order valence-corrected chi connectivity index (χ0v) is 13.1. The topological polar surface area (TPSA) is 90.8 Å². The fourth-order valence-electron chi connectivity index (χ4n) is 1.85. The molecule has 1 aromatic heterocycles. The van der Waals surface area contributed by atoms with Gasteiger partial charge in [0.05, 0.1) is 14.2 Å². The molecular formula is C15H13ClN2O5. The lowest BCUT2D eigenvalue weighted by Gasteiger charge is -2.13. The summed E-state index contributed by atoms with van der Waals surface area (Å²) in [6, 6.07) is 7.94. The molecule has 1 aromatic carbocycles. The van der Waals surface area contributed by atoms with Gasteiger partial charge in [0.25, 0.3) is 5.95 Å². The van der Waals surface area contributed by atoms with Crippen molar-refractivity contribution in [2.24, 2.45) is 0 Å². The van der Waals surface area contributed by atoms with Crippen molar-refractivity contribution in [1.82, 2.24) is 9.97 Å². The van der Waals surface area contributed by atoms with E-state index in [9.17, 15) is 9.90 Å². The number of ether oxygens (including phenoxy) is 3. The molecule has 0 unspecified atom stereocenters. The van der Waals surface area contributed by atoms with Crippen molar-refractivity contribution in [2.75, 3.05) is 14.2 Å². The normalized spacial score (nSPS) is 9.87. The van der Waals surface area contributed by atoms with Crippen LogP contribution in [0.2, 0.25) is 5.15 Å². The summed E-state index contributed by atoms with van der Waals surface area (Å²) in [4.78, 5) is 19.3. The first-order valence-electron chi connectivity index (χ1n) is 6.37. The highest BCUT2D eigenvalue weighted by Gasteiger charge is 2.23. The number of carbonyl (C=O) groups is 1. The van der Waals surface area contributed by atoms with E-state index < -0.39 is 5.97 Å². The molecule has 0 radical (unpaired) electrons. The predicted octanol–water partition coefficient (Wildman–Crippen LogP) is 2.97. The molecule has 0 atom stereocenters. The zero-order chi connectivity index (χ0) is 16.8. The first-order valence-corrected chi connectivity index (χ1v) is 6.75. The molecule has 120 valence electrons. The summed E-state index contributed by atoms with van der Waals surface area (Å²) < 4.78 is 15.6. The number of rotatable bonds is 6. The number of carboxylic acids is 1. The molecule has 0 fully saturated rings. The van der Waals surface area contributed by atoms with Crippen LogP contribution in [0.15, 0.2) is 42.6 Å². The van der Waals surface area contributed by atoms with Crippen molar-refractivity contribution in [1.29, 1.82) is 0 Å². The summed E-state index contributed by atoms with van der Waals surface area (Å²) in [5.41, 5.74) is 0.0965. The smallest absolute Gasteiger partial charge is 0.343 e. The van der Waals surface area contributed by atoms with Crippen molar-refractivity contribution < 1.29 is 24.1 Å². The summed E-state index contributed by atoms with van der Waals surface area (Å²) in [7, 11) is 2.63. The van der Waals surface area contributed by atoms with Crippen LogP contribution in [0.25, 0.3) is 5.57 Å². The number of aromatic nitrogens is 2. The Bertz CT molecular complexity index is 742. The van der Waals surface area contributed by atoms with E-state index in [0.29, 0.717) is 0 Å². The maximum Gasteiger partial charge on any atom is 0.343 e. The van der Waals surface area contributed by atoms with Gasteiger partial charge in [-0.3, -0.25) is 0 Å². The van der Waals surface area contributed by atoms with Gasteiger partial charge in [0.15, 0.2) is 5.57 Å². The number of methoxy groups -OCH3 is 2. The first-order chi connectivity index (χ1) is 11.1. The molecule has 2 rings (SSSR count). The Morgan fingerprint density at radius 3 is 2.48 bits per heavy atom. The fraction of sp³-hybridized carbons (Fsp3) is 0.133. The Labute approximate surface area is 137 Å². The van der Waals surface area contributed by atoms with Crippen molar-refractivity contribution in [3.05, 3.63) is 53.3 Å². The molecule has 0 aliphatic rings. The molecule has 7 nitrogen and oxygen atoms in total. The summed E-state index contributed by atoms with van der Waals surface area (Å²) >= 11 is 5.78. The lowest BCUT2D eigenvalue weighted by molar-refractivity contribution is -0.130. The fourth-order valence-corrected chi connectivity index (χ4v) is 1.98. The summed E-state index contributed by atoms with van der Waals surface area (Å²) in [6.07, 6.45) is 1.24. The van der Waals surface area contributed by atoms with E-state index in [4.69, 9.17) is 25.8 Å². The van der Waals surface area contributed by atoms with Crippen molar-refractivity contribution in [3.8, 4) is 11.6 Å². The Morgan fingerprint density at radius 2 is 1.87 bits per heavy atom. The number of hydrogen-bond donors (Lipinski definition) is 1. The van der Waals surface area contributed by atoms with Gasteiger partial charge >= 0.3 is 5.97 Å². The molecular weight excluding hydrogens is 324 g/mol. The maximum absolute atomic E-state index is 11.6. The van der Waals surface area contributed by atoms with Crippen molar-refractivity contribution >= 4 is 23.1 Å². The summed E-state index contributed by atoms with van der Waals surface area (Å²) in [5.74, 6) is -0.931. The molecule has 8 heteroatoms. The third-order valence-corrected chi connectivity index (χ3v) is 2.98. The molecule has 1 heterocycles. The minimum Gasteiger partial charge on any atom is -0.477 e. The maximum atomic E-state index is 11.6. The van der Waals surface area contributed by atoms with E-state index in [2.05, 4.69) is 9.97 Å².